The van der Waals surface area contributed by atoms with Crippen molar-refractivity contribution in [3.63, 3.8) is 0 Å². The molecule has 1 unspecified atom stereocenters. The van der Waals surface area contributed by atoms with Crippen LogP contribution in [0.3, 0.4) is 0 Å². The second kappa shape index (κ2) is 9.08. The van der Waals surface area contributed by atoms with E-state index in [-0.39, 0.29) is 6.61 Å². The summed E-state index contributed by atoms with van der Waals surface area (Å²) in [5.41, 5.74) is 1.77. The fourth-order valence-electron chi connectivity index (χ4n) is 2.10. The minimum Gasteiger partial charge on any atom is -0.467 e. The monoisotopic (exact) mass is 391 g/mol. The zero-order valence-corrected chi connectivity index (χ0v) is 14.8. The molecule has 0 aliphatic carbocycles. The van der Waals surface area contributed by atoms with E-state index in [0.717, 1.165) is 15.6 Å². The third kappa shape index (κ3) is 5.70. The summed E-state index contributed by atoms with van der Waals surface area (Å²) in [6.07, 6.45) is -0.341. The molecular formula is C18H18BrNO4. The van der Waals surface area contributed by atoms with E-state index < -0.39 is 18.1 Å². The molecule has 0 aliphatic rings. The number of hydrogen-bond donors (Lipinski definition) is 1. The second-order valence-electron chi connectivity index (χ2n) is 5.11. The second-order valence-corrected chi connectivity index (χ2v) is 6.03. The van der Waals surface area contributed by atoms with Crippen LogP contribution in [0.15, 0.2) is 59.1 Å². The maximum absolute atomic E-state index is 11.9. The van der Waals surface area contributed by atoms with Gasteiger partial charge in [-0.25, -0.2) is 9.59 Å². The predicted octanol–water partition coefficient (Wildman–Crippen LogP) is 3.46. The minimum atomic E-state index is -0.806. The van der Waals surface area contributed by atoms with E-state index in [4.69, 9.17) is 9.47 Å². The number of nitrogens with one attached hydrogen (secondary N) is 1. The first-order chi connectivity index (χ1) is 11.6. The van der Waals surface area contributed by atoms with E-state index in [1.165, 1.54) is 7.11 Å². The Balaban J connectivity index is 1.93. The number of amides is 1. The fraction of sp³-hybridized carbons (Fsp3) is 0.222. The molecule has 24 heavy (non-hydrogen) atoms. The molecule has 0 bridgehead atoms. The Kier molecular flexibility index (Phi) is 6.81. The summed E-state index contributed by atoms with van der Waals surface area (Å²) in [4.78, 5) is 23.8. The van der Waals surface area contributed by atoms with Crippen LogP contribution >= 0.6 is 15.9 Å². The van der Waals surface area contributed by atoms with Crippen LogP contribution in [0.25, 0.3) is 0 Å². The van der Waals surface area contributed by atoms with Crippen molar-refractivity contribution in [2.24, 2.45) is 0 Å². The van der Waals surface area contributed by atoms with Crippen LogP contribution in [-0.2, 0) is 27.3 Å². The van der Waals surface area contributed by atoms with Gasteiger partial charge >= 0.3 is 12.1 Å². The van der Waals surface area contributed by atoms with Gasteiger partial charge in [-0.15, -0.1) is 0 Å². The molecule has 2 aromatic carbocycles. The van der Waals surface area contributed by atoms with Crippen molar-refractivity contribution in [2.45, 2.75) is 19.1 Å². The summed E-state index contributed by atoms with van der Waals surface area (Å²) >= 11 is 3.36. The first kappa shape index (κ1) is 18.0. The number of rotatable bonds is 6. The number of esters is 1. The summed E-state index contributed by atoms with van der Waals surface area (Å²) in [7, 11) is 1.29. The first-order valence-electron chi connectivity index (χ1n) is 7.38. The average Bonchev–Trinajstić information content (AvgIpc) is 2.61. The minimum absolute atomic E-state index is 0.138. The van der Waals surface area contributed by atoms with Crippen molar-refractivity contribution in [3.05, 3.63) is 70.2 Å². The fourth-order valence-corrected chi connectivity index (χ4v) is 2.36. The lowest BCUT2D eigenvalue weighted by atomic mass is 10.1. The highest BCUT2D eigenvalue weighted by atomic mass is 79.9. The van der Waals surface area contributed by atoms with Crippen LogP contribution in [0.4, 0.5) is 4.79 Å². The lowest BCUT2D eigenvalue weighted by Crippen LogP contribution is -2.43. The summed E-state index contributed by atoms with van der Waals surface area (Å²) in [5, 5.41) is 2.55. The molecule has 1 N–H and O–H groups in total. The largest absolute Gasteiger partial charge is 0.467 e. The van der Waals surface area contributed by atoms with Gasteiger partial charge < -0.3 is 14.8 Å². The zero-order chi connectivity index (χ0) is 17.4. The van der Waals surface area contributed by atoms with E-state index >= 15 is 0 Å². The quantitative estimate of drug-likeness (QED) is 0.765. The lowest BCUT2D eigenvalue weighted by Gasteiger charge is -2.16. The van der Waals surface area contributed by atoms with Crippen molar-refractivity contribution in [2.75, 3.05) is 7.11 Å². The molecule has 0 radical (unpaired) electrons. The van der Waals surface area contributed by atoms with Crippen LogP contribution in [0.2, 0.25) is 0 Å². The first-order valence-corrected chi connectivity index (χ1v) is 8.17. The normalized spacial score (nSPS) is 11.4. The number of carbonyl (C=O) groups excluding carboxylic acids is 2. The maximum atomic E-state index is 11.9. The molecule has 0 heterocycles. The molecule has 1 atom stereocenters. The van der Waals surface area contributed by atoms with Crippen LogP contribution in [0, 0.1) is 0 Å². The molecule has 5 nitrogen and oxygen atoms in total. The van der Waals surface area contributed by atoms with Crippen LogP contribution in [0.5, 0.6) is 0 Å². The van der Waals surface area contributed by atoms with E-state index in [9.17, 15) is 9.59 Å². The highest BCUT2D eigenvalue weighted by Crippen LogP contribution is 2.12. The SMILES string of the molecule is COC(=O)C(Cc1ccc(Br)cc1)NC(=O)OCc1ccccc1. The molecule has 126 valence electrons. The number of methoxy groups -OCH3 is 1. The van der Waals surface area contributed by atoms with Crippen molar-refractivity contribution in [3.8, 4) is 0 Å². The van der Waals surface area contributed by atoms with Crippen molar-refractivity contribution >= 4 is 28.0 Å². The third-order valence-electron chi connectivity index (χ3n) is 3.34. The molecule has 0 fully saturated rings. The van der Waals surface area contributed by atoms with Crippen LogP contribution in [-0.4, -0.2) is 25.2 Å². The van der Waals surface area contributed by atoms with Gasteiger partial charge in [0, 0.05) is 10.9 Å². The number of hydrogen-bond acceptors (Lipinski definition) is 4. The summed E-state index contributed by atoms with van der Waals surface area (Å²) < 4.78 is 10.8. The van der Waals surface area contributed by atoms with Gasteiger partial charge in [0.2, 0.25) is 0 Å². The number of ether oxygens (including phenoxy) is 2. The smallest absolute Gasteiger partial charge is 0.408 e. The highest BCUT2D eigenvalue weighted by molar-refractivity contribution is 9.10. The zero-order valence-electron chi connectivity index (χ0n) is 13.2. The predicted molar refractivity (Wildman–Crippen MR) is 93.4 cm³/mol. The van der Waals surface area contributed by atoms with Gasteiger partial charge in [-0.1, -0.05) is 58.4 Å². The topological polar surface area (TPSA) is 64.6 Å². The van der Waals surface area contributed by atoms with Crippen molar-refractivity contribution < 1.29 is 19.1 Å². The molecular weight excluding hydrogens is 374 g/mol. The Morgan fingerprint density at radius 3 is 2.33 bits per heavy atom. The summed E-state index contributed by atoms with van der Waals surface area (Å²) in [6, 6.07) is 16.0. The highest BCUT2D eigenvalue weighted by Gasteiger charge is 2.22. The van der Waals surface area contributed by atoms with Gasteiger partial charge in [-0.3, -0.25) is 0 Å². The number of halogens is 1. The molecule has 0 saturated heterocycles. The van der Waals surface area contributed by atoms with Gasteiger partial charge in [0.15, 0.2) is 0 Å². The third-order valence-corrected chi connectivity index (χ3v) is 3.87. The summed E-state index contributed by atoms with van der Waals surface area (Å²) in [5.74, 6) is -0.519. The molecule has 1 amide bonds. The Morgan fingerprint density at radius 2 is 1.71 bits per heavy atom. The number of alkyl carbamates (subject to hydrolysis) is 1. The van der Waals surface area contributed by atoms with E-state index in [1.807, 2.05) is 54.6 Å². The molecule has 0 aromatic heterocycles. The van der Waals surface area contributed by atoms with Gasteiger partial charge in [-0.2, -0.15) is 0 Å². The summed E-state index contributed by atoms with van der Waals surface area (Å²) in [6.45, 7) is 0.138. The average molecular weight is 392 g/mol. The van der Waals surface area contributed by atoms with E-state index in [2.05, 4.69) is 21.2 Å². The molecule has 0 aliphatic heterocycles. The Bertz CT molecular complexity index is 673. The number of benzene rings is 2. The van der Waals surface area contributed by atoms with Crippen molar-refractivity contribution in [1.29, 1.82) is 0 Å². The molecule has 6 heteroatoms. The van der Waals surface area contributed by atoms with E-state index in [0.29, 0.717) is 6.42 Å². The molecule has 2 rings (SSSR count). The van der Waals surface area contributed by atoms with Gasteiger partial charge in [0.25, 0.3) is 0 Å². The Morgan fingerprint density at radius 1 is 1.04 bits per heavy atom. The standard InChI is InChI=1S/C18H18BrNO4/c1-23-17(21)16(11-13-7-9-15(19)10-8-13)20-18(22)24-12-14-5-3-2-4-6-14/h2-10,16H,11-12H2,1H3,(H,20,22). The van der Waals surface area contributed by atoms with Crippen molar-refractivity contribution in [1.82, 2.24) is 5.32 Å². The van der Waals surface area contributed by atoms with Gasteiger partial charge in [0.05, 0.1) is 7.11 Å². The van der Waals surface area contributed by atoms with Gasteiger partial charge in [-0.05, 0) is 23.3 Å². The molecule has 0 saturated carbocycles. The Hall–Kier alpha value is -2.34. The lowest BCUT2D eigenvalue weighted by molar-refractivity contribution is -0.143. The van der Waals surface area contributed by atoms with Crippen LogP contribution < -0.4 is 5.32 Å². The molecule has 2 aromatic rings. The molecule has 0 spiro atoms. The Labute approximate surface area is 149 Å². The van der Waals surface area contributed by atoms with E-state index in [1.54, 1.807) is 0 Å². The maximum Gasteiger partial charge on any atom is 0.408 e. The van der Waals surface area contributed by atoms with Crippen LogP contribution in [0.1, 0.15) is 11.1 Å². The number of carbonyl (C=O) groups is 2. The van der Waals surface area contributed by atoms with Gasteiger partial charge in [0.1, 0.15) is 12.6 Å².